The second-order valence-corrected chi connectivity index (χ2v) is 5.04. The number of nitrogens with two attached hydrogens (primary N) is 1. The van der Waals surface area contributed by atoms with Gasteiger partial charge in [-0.2, -0.15) is 11.8 Å². The fourth-order valence-electron chi connectivity index (χ4n) is 1.62. The molecule has 90 valence electrons. The minimum atomic E-state index is 0.670. The van der Waals surface area contributed by atoms with E-state index in [4.69, 9.17) is 10.5 Å². The van der Waals surface area contributed by atoms with Gasteiger partial charge in [0.25, 0.3) is 0 Å². The Morgan fingerprint density at radius 2 is 2.19 bits per heavy atom. The number of aryl methyl sites for hydroxylation is 1. The zero-order valence-corrected chi connectivity index (χ0v) is 11.0. The van der Waals surface area contributed by atoms with E-state index in [-0.39, 0.29) is 0 Å². The van der Waals surface area contributed by atoms with Crippen LogP contribution in [0.2, 0.25) is 0 Å². The highest BCUT2D eigenvalue weighted by Crippen LogP contribution is 2.23. The molecule has 0 radical (unpaired) electrons. The molecular weight excluding hydrogens is 218 g/mol. The number of benzene rings is 1. The summed E-state index contributed by atoms with van der Waals surface area (Å²) in [6.45, 7) is 5.70. The van der Waals surface area contributed by atoms with E-state index >= 15 is 0 Å². The van der Waals surface area contributed by atoms with Gasteiger partial charge in [-0.1, -0.05) is 25.1 Å². The Balaban J connectivity index is 2.61. The summed E-state index contributed by atoms with van der Waals surface area (Å²) in [4.78, 5) is 0. The van der Waals surface area contributed by atoms with Gasteiger partial charge in [-0.3, -0.25) is 0 Å². The molecule has 1 aromatic rings. The molecule has 16 heavy (non-hydrogen) atoms. The van der Waals surface area contributed by atoms with Crippen LogP contribution in [0.15, 0.2) is 18.2 Å². The van der Waals surface area contributed by atoms with Gasteiger partial charge in [0.15, 0.2) is 0 Å². The molecular formula is C13H21NOS. The first-order valence-corrected chi connectivity index (χ1v) is 6.94. The molecule has 0 heterocycles. The molecule has 2 nitrogen and oxygen atoms in total. The van der Waals surface area contributed by atoms with E-state index in [1.165, 1.54) is 11.1 Å². The van der Waals surface area contributed by atoms with Crippen molar-refractivity contribution >= 4 is 11.8 Å². The summed E-state index contributed by atoms with van der Waals surface area (Å²) in [5.74, 6) is 3.23. The minimum Gasteiger partial charge on any atom is -0.492 e. The monoisotopic (exact) mass is 239 g/mol. The van der Waals surface area contributed by atoms with Crippen molar-refractivity contribution in [1.29, 1.82) is 0 Å². The van der Waals surface area contributed by atoms with Gasteiger partial charge in [0.1, 0.15) is 5.75 Å². The molecule has 3 heteroatoms. The number of hydrogen-bond donors (Lipinski definition) is 1. The molecule has 0 amide bonds. The molecule has 0 atom stereocenters. The van der Waals surface area contributed by atoms with Crippen molar-refractivity contribution in [1.82, 2.24) is 0 Å². The first-order chi connectivity index (χ1) is 7.79. The lowest BCUT2D eigenvalue weighted by Gasteiger charge is -2.13. The predicted molar refractivity (Wildman–Crippen MR) is 72.4 cm³/mol. The highest BCUT2D eigenvalue weighted by Gasteiger charge is 2.05. The SMILES string of the molecule is CCSCCOc1c(C)cccc1CCN. The lowest BCUT2D eigenvalue weighted by Crippen LogP contribution is -2.08. The highest BCUT2D eigenvalue weighted by atomic mass is 32.2. The molecule has 0 fully saturated rings. The average Bonchev–Trinajstić information content (AvgIpc) is 2.28. The largest absolute Gasteiger partial charge is 0.492 e. The minimum absolute atomic E-state index is 0.670. The highest BCUT2D eigenvalue weighted by molar-refractivity contribution is 7.99. The molecule has 0 aliphatic rings. The fraction of sp³-hybridized carbons (Fsp3) is 0.538. The second-order valence-electron chi connectivity index (χ2n) is 3.65. The van der Waals surface area contributed by atoms with Crippen LogP contribution in [0.1, 0.15) is 18.1 Å². The summed E-state index contributed by atoms with van der Waals surface area (Å²) >= 11 is 1.90. The molecule has 0 spiro atoms. The van der Waals surface area contributed by atoms with Crippen molar-refractivity contribution in [2.45, 2.75) is 20.3 Å². The van der Waals surface area contributed by atoms with Crippen LogP contribution in [0.5, 0.6) is 5.75 Å². The van der Waals surface area contributed by atoms with Crippen LogP contribution in [-0.4, -0.2) is 24.7 Å². The van der Waals surface area contributed by atoms with Crippen LogP contribution in [0.4, 0.5) is 0 Å². The molecule has 0 saturated heterocycles. The van der Waals surface area contributed by atoms with E-state index in [1.54, 1.807) is 0 Å². The Bertz CT molecular complexity index is 315. The normalized spacial score (nSPS) is 10.4. The Morgan fingerprint density at radius 1 is 1.38 bits per heavy atom. The average molecular weight is 239 g/mol. The molecule has 0 aliphatic carbocycles. The molecule has 0 aromatic heterocycles. The maximum Gasteiger partial charge on any atom is 0.125 e. The number of para-hydroxylation sites is 1. The zero-order valence-electron chi connectivity index (χ0n) is 10.2. The Hall–Kier alpha value is -0.670. The van der Waals surface area contributed by atoms with Gasteiger partial charge in [0.05, 0.1) is 6.61 Å². The molecule has 0 saturated carbocycles. The van der Waals surface area contributed by atoms with Crippen molar-refractivity contribution in [3.05, 3.63) is 29.3 Å². The van der Waals surface area contributed by atoms with Crippen LogP contribution in [0, 0.1) is 6.92 Å². The summed E-state index contributed by atoms with van der Waals surface area (Å²) < 4.78 is 5.85. The maximum atomic E-state index is 5.85. The van der Waals surface area contributed by atoms with Crippen LogP contribution in [-0.2, 0) is 6.42 Å². The van der Waals surface area contributed by atoms with Gasteiger partial charge in [0, 0.05) is 5.75 Å². The third-order valence-electron chi connectivity index (χ3n) is 2.39. The van der Waals surface area contributed by atoms with Gasteiger partial charge in [-0.25, -0.2) is 0 Å². The Labute approximate surface area is 103 Å². The second kappa shape index (κ2) is 7.58. The summed E-state index contributed by atoms with van der Waals surface area (Å²) in [6.07, 6.45) is 0.887. The molecule has 0 bridgehead atoms. The van der Waals surface area contributed by atoms with Gasteiger partial charge >= 0.3 is 0 Å². The molecule has 1 aromatic carbocycles. The summed E-state index contributed by atoms with van der Waals surface area (Å²) in [5.41, 5.74) is 8.02. The van der Waals surface area contributed by atoms with Crippen LogP contribution in [0.25, 0.3) is 0 Å². The zero-order chi connectivity index (χ0) is 11.8. The molecule has 0 unspecified atom stereocenters. The fourth-order valence-corrected chi connectivity index (χ4v) is 2.11. The molecule has 1 rings (SSSR count). The van der Waals surface area contributed by atoms with Crippen molar-refractivity contribution in [2.24, 2.45) is 5.73 Å². The van der Waals surface area contributed by atoms with Gasteiger partial charge in [-0.05, 0) is 36.8 Å². The van der Waals surface area contributed by atoms with Crippen molar-refractivity contribution in [3.8, 4) is 5.75 Å². The van der Waals surface area contributed by atoms with Crippen molar-refractivity contribution in [2.75, 3.05) is 24.7 Å². The Kier molecular flexibility index (Phi) is 6.34. The standard InChI is InChI=1S/C13H21NOS/c1-3-16-10-9-15-13-11(2)5-4-6-12(13)7-8-14/h4-6H,3,7-10,14H2,1-2H3. The molecule has 0 aliphatic heterocycles. The summed E-state index contributed by atoms with van der Waals surface area (Å²) in [5, 5.41) is 0. The van der Waals surface area contributed by atoms with Crippen LogP contribution < -0.4 is 10.5 Å². The summed E-state index contributed by atoms with van der Waals surface area (Å²) in [6, 6.07) is 6.25. The van der Waals surface area contributed by atoms with Crippen molar-refractivity contribution in [3.63, 3.8) is 0 Å². The van der Waals surface area contributed by atoms with E-state index < -0.39 is 0 Å². The first-order valence-electron chi connectivity index (χ1n) is 5.78. The van der Waals surface area contributed by atoms with E-state index in [0.29, 0.717) is 6.54 Å². The van der Waals surface area contributed by atoms with E-state index in [2.05, 4.69) is 32.0 Å². The Morgan fingerprint density at radius 3 is 2.88 bits per heavy atom. The van der Waals surface area contributed by atoms with Gasteiger partial charge in [-0.15, -0.1) is 0 Å². The third kappa shape index (κ3) is 4.06. The first kappa shape index (κ1) is 13.4. The lowest BCUT2D eigenvalue weighted by molar-refractivity contribution is 0.338. The van der Waals surface area contributed by atoms with Crippen molar-refractivity contribution < 1.29 is 4.74 Å². The smallest absolute Gasteiger partial charge is 0.125 e. The number of hydrogen-bond acceptors (Lipinski definition) is 3. The van der Waals surface area contributed by atoms with E-state index in [1.807, 2.05) is 11.8 Å². The number of thioether (sulfide) groups is 1. The van der Waals surface area contributed by atoms with E-state index in [9.17, 15) is 0 Å². The number of ether oxygens (including phenoxy) is 1. The van der Waals surface area contributed by atoms with Gasteiger partial charge in [0.2, 0.25) is 0 Å². The van der Waals surface area contributed by atoms with Crippen LogP contribution in [0.3, 0.4) is 0 Å². The third-order valence-corrected chi connectivity index (χ3v) is 3.25. The topological polar surface area (TPSA) is 35.2 Å². The summed E-state index contributed by atoms with van der Waals surface area (Å²) in [7, 11) is 0. The van der Waals surface area contributed by atoms with E-state index in [0.717, 1.165) is 30.3 Å². The lowest BCUT2D eigenvalue weighted by atomic mass is 10.1. The maximum absolute atomic E-state index is 5.85. The van der Waals surface area contributed by atoms with Crippen LogP contribution >= 0.6 is 11.8 Å². The predicted octanol–water partition coefficient (Wildman–Crippen LogP) is 2.63. The number of rotatable bonds is 7. The molecule has 2 N–H and O–H groups in total. The quantitative estimate of drug-likeness (QED) is 0.743. The van der Waals surface area contributed by atoms with Gasteiger partial charge < -0.3 is 10.5 Å².